The molecule has 0 saturated carbocycles. The third-order valence-electron chi connectivity index (χ3n) is 0.494. The first kappa shape index (κ1) is 8.39. The van der Waals surface area contributed by atoms with Crippen LogP contribution in [0.1, 0.15) is 0 Å². The van der Waals surface area contributed by atoms with Crippen LogP contribution < -0.4 is 0 Å². The minimum atomic E-state index is -3.43. The van der Waals surface area contributed by atoms with Crippen LogP contribution in [0, 0.1) is 0 Å². The fourth-order valence-electron chi connectivity index (χ4n) is 0.193. The summed E-state index contributed by atoms with van der Waals surface area (Å²) in [6.07, 6.45) is -7.01. The summed E-state index contributed by atoms with van der Waals surface area (Å²) in [5.41, 5.74) is 0. The van der Waals surface area contributed by atoms with Gasteiger partial charge in [0, 0.05) is 6.08 Å². The van der Waals surface area contributed by atoms with E-state index in [4.69, 9.17) is 0 Å². The summed E-state index contributed by atoms with van der Waals surface area (Å²) in [7, 11) is 0. The van der Waals surface area contributed by atoms with Crippen molar-refractivity contribution in [2.45, 2.75) is 12.9 Å². The lowest BCUT2D eigenvalue weighted by molar-refractivity contribution is 0.146. The van der Waals surface area contributed by atoms with Crippen LogP contribution in [0.2, 0.25) is 0 Å². The van der Waals surface area contributed by atoms with E-state index in [9.17, 15) is 22.0 Å². The fraction of sp³-hybridized carbons (Fsp3) is 0.500. The summed E-state index contributed by atoms with van der Waals surface area (Å²) < 4.78 is 55.4. The zero-order valence-electron chi connectivity index (χ0n) is 4.12. The summed E-state index contributed by atoms with van der Waals surface area (Å²) in [5, 5.41) is 0. The minimum Gasteiger partial charge on any atom is -0.206 e. The highest BCUT2D eigenvalue weighted by Crippen LogP contribution is 2.11. The van der Waals surface area contributed by atoms with Gasteiger partial charge in [-0.2, -0.15) is 0 Å². The van der Waals surface area contributed by atoms with E-state index < -0.39 is 24.8 Å². The van der Waals surface area contributed by atoms with Gasteiger partial charge in [-0.3, -0.25) is 0 Å². The van der Waals surface area contributed by atoms with Crippen LogP contribution in [-0.4, -0.2) is 12.9 Å². The Kier molecular flexibility index (Phi) is 3.19. The Morgan fingerprint density at radius 3 is 1.67 bits per heavy atom. The molecule has 0 saturated heterocycles. The van der Waals surface area contributed by atoms with Crippen molar-refractivity contribution in [3.05, 3.63) is 11.9 Å². The molecule has 5 heteroatoms. The summed E-state index contributed by atoms with van der Waals surface area (Å²) in [6.45, 7) is 0. The lowest BCUT2D eigenvalue weighted by Crippen LogP contribution is -1.93. The van der Waals surface area contributed by atoms with E-state index >= 15 is 0 Å². The van der Waals surface area contributed by atoms with Crippen molar-refractivity contribution in [1.82, 2.24) is 0 Å². The molecule has 0 aromatic rings. The Hall–Kier alpha value is -0.610. The molecule has 0 unspecified atom stereocenters. The zero-order valence-corrected chi connectivity index (χ0v) is 4.12. The van der Waals surface area contributed by atoms with E-state index in [1.807, 2.05) is 0 Å². The van der Waals surface area contributed by atoms with Crippen molar-refractivity contribution in [1.29, 1.82) is 0 Å². The third kappa shape index (κ3) is 3.93. The van der Waals surface area contributed by atoms with Crippen molar-refractivity contribution in [2.24, 2.45) is 0 Å². The highest BCUT2D eigenvalue weighted by Gasteiger charge is 2.11. The van der Waals surface area contributed by atoms with Gasteiger partial charge < -0.3 is 0 Å². The Morgan fingerprint density at radius 1 is 1.11 bits per heavy atom. The number of rotatable bonds is 2. The highest BCUT2D eigenvalue weighted by atomic mass is 19.3. The molecule has 0 aliphatic rings. The van der Waals surface area contributed by atoms with E-state index in [0.717, 1.165) is 0 Å². The fourth-order valence-corrected chi connectivity index (χ4v) is 0.193. The number of hydrogen-bond acceptors (Lipinski definition) is 0. The lowest BCUT2D eigenvalue weighted by Gasteiger charge is -1.91. The molecule has 0 aromatic carbocycles. The van der Waals surface area contributed by atoms with Gasteiger partial charge in [0.2, 0.25) is 0 Å². The van der Waals surface area contributed by atoms with Gasteiger partial charge in [0.05, 0.1) is 0 Å². The maximum atomic E-state index is 11.4. The second-order valence-electron chi connectivity index (χ2n) is 1.19. The van der Waals surface area contributed by atoms with Crippen molar-refractivity contribution in [3.8, 4) is 0 Å². The smallest absolute Gasteiger partial charge is 0.206 e. The number of alkyl halides is 4. The van der Waals surface area contributed by atoms with Gasteiger partial charge in [-0.1, -0.05) is 0 Å². The van der Waals surface area contributed by atoms with Gasteiger partial charge in [-0.05, 0) is 0 Å². The first-order valence-corrected chi connectivity index (χ1v) is 1.97. The molecule has 0 aromatic heterocycles. The molecule has 0 amide bonds. The monoisotopic (exact) mass is 146 g/mol. The molecule has 0 rings (SSSR count). The number of halogens is 5. The van der Waals surface area contributed by atoms with Crippen LogP contribution in [0.4, 0.5) is 22.0 Å². The second kappa shape index (κ2) is 3.42. The number of hydrogen-bond donors (Lipinski definition) is 0. The van der Waals surface area contributed by atoms with Crippen molar-refractivity contribution in [3.63, 3.8) is 0 Å². The SMILES string of the molecule is F/C(=C/C(F)F)C(F)F. The highest BCUT2D eigenvalue weighted by molar-refractivity contribution is 4.95. The van der Waals surface area contributed by atoms with Crippen LogP contribution in [0.25, 0.3) is 0 Å². The molecule has 0 aliphatic carbocycles. The minimum absolute atomic E-state index is 0.426. The van der Waals surface area contributed by atoms with Crippen LogP contribution in [0.5, 0.6) is 0 Å². The summed E-state index contributed by atoms with van der Waals surface area (Å²) in [6, 6.07) is 0. The summed E-state index contributed by atoms with van der Waals surface area (Å²) in [5.74, 6) is -2.08. The second-order valence-corrected chi connectivity index (χ2v) is 1.19. The topological polar surface area (TPSA) is 0 Å². The molecule has 0 N–H and O–H groups in total. The van der Waals surface area contributed by atoms with Crippen molar-refractivity contribution >= 4 is 0 Å². The van der Waals surface area contributed by atoms with Gasteiger partial charge in [-0.15, -0.1) is 0 Å². The van der Waals surface area contributed by atoms with Crippen LogP contribution in [0.15, 0.2) is 11.9 Å². The van der Waals surface area contributed by atoms with Gasteiger partial charge in [0.1, 0.15) is 0 Å². The first-order chi connectivity index (χ1) is 4.04. The van der Waals surface area contributed by atoms with E-state index in [2.05, 4.69) is 0 Å². The normalized spacial score (nSPS) is 13.4. The van der Waals surface area contributed by atoms with Crippen LogP contribution in [0.3, 0.4) is 0 Å². The van der Waals surface area contributed by atoms with Gasteiger partial charge in [0.15, 0.2) is 5.83 Å². The van der Waals surface area contributed by atoms with E-state index in [0.29, 0.717) is 0 Å². The predicted octanol–water partition coefficient (Wildman–Crippen LogP) is 2.37. The summed E-state index contributed by atoms with van der Waals surface area (Å²) >= 11 is 0. The molecule has 0 aliphatic heterocycles. The van der Waals surface area contributed by atoms with E-state index in [1.54, 1.807) is 0 Å². The van der Waals surface area contributed by atoms with Crippen LogP contribution >= 0.6 is 0 Å². The molecular weight excluding hydrogens is 143 g/mol. The Labute approximate surface area is 48.0 Å². The van der Waals surface area contributed by atoms with Crippen molar-refractivity contribution in [2.75, 3.05) is 0 Å². The Balaban J connectivity index is 3.84. The summed E-state index contributed by atoms with van der Waals surface area (Å²) in [4.78, 5) is 0. The Bertz CT molecular complexity index is 106. The molecule has 9 heavy (non-hydrogen) atoms. The molecule has 0 radical (unpaired) electrons. The number of allylic oxidation sites excluding steroid dienone is 2. The largest absolute Gasteiger partial charge is 0.289 e. The maximum absolute atomic E-state index is 11.4. The lowest BCUT2D eigenvalue weighted by atomic mass is 10.5. The maximum Gasteiger partial charge on any atom is 0.289 e. The standard InChI is InChI=1S/C4H3F5/c5-2(4(8)9)1-3(6)7/h1,3-4H/b2-1+. The predicted molar refractivity (Wildman–Crippen MR) is 21.2 cm³/mol. The quantitative estimate of drug-likeness (QED) is 0.524. The molecule has 0 spiro atoms. The van der Waals surface area contributed by atoms with E-state index in [-0.39, 0.29) is 0 Å². The van der Waals surface area contributed by atoms with Crippen LogP contribution in [-0.2, 0) is 0 Å². The molecule has 0 nitrogen and oxygen atoms in total. The average Bonchev–Trinajstić information content (AvgIpc) is 1.63. The molecular formula is C4H3F5. The average molecular weight is 146 g/mol. The van der Waals surface area contributed by atoms with Gasteiger partial charge in [-0.25, -0.2) is 22.0 Å². The van der Waals surface area contributed by atoms with Crippen molar-refractivity contribution < 1.29 is 22.0 Å². The molecule has 54 valence electrons. The van der Waals surface area contributed by atoms with E-state index in [1.165, 1.54) is 0 Å². The molecule has 0 fully saturated rings. The van der Waals surface area contributed by atoms with Gasteiger partial charge in [0.25, 0.3) is 12.9 Å². The van der Waals surface area contributed by atoms with Gasteiger partial charge >= 0.3 is 0 Å². The third-order valence-corrected chi connectivity index (χ3v) is 0.494. The molecule has 0 atom stereocenters. The molecule has 0 heterocycles. The molecule has 0 bridgehead atoms. The zero-order chi connectivity index (χ0) is 7.44. The first-order valence-electron chi connectivity index (χ1n) is 1.97. The Morgan fingerprint density at radius 2 is 1.56 bits per heavy atom.